The van der Waals surface area contributed by atoms with E-state index in [2.05, 4.69) is 32.8 Å². The van der Waals surface area contributed by atoms with E-state index in [1.54, 1.807) is 11.8 Å². The van der Waals surface area contributed by atoms with Gasteiger partial charge in [0.15, 0.2) is 5.82 Å². The lowest BCUT2D eigenvalue weighted by Crippen LogP contribution is -2.20. The first-order valence-electron chi connectivity index (χ1n) is 8.47. The van der Waals surface area contributed by atoms with Crippen LogP contribution < -0.4 is 9.64 Å². The minimum absolute atomic E-state index is 0.651. The molecule has 6 nitrogen and oxygen atoms in total. The van der Waals surface area contributed by atoms with Crippen molar-refractivity contribution in [3.05, 3.63) is 66.6 Å². The highest BCUT2D eigenvalue weighted by Gasteiger charge is 2.15. The van der Waals surface area contributed by atoms with Crippen molar-refractivity contribution < 1.29 is 4.74 Å². The summed E-state index contributed by atoms with van der Waals surface area (Å²) >= 11 is 0. The maximum Gasteiger partial charge on any atom is 0.150 e. The van der Waals surface area contributed by atoms with E-state index in [4.69, 9.17) is 9.72 Å². The number of methoxy groups -OCH3 is 1. The number of aryl methyl sites for hydroxylation is 1. The second-order valence-electron chi connectivity index (χ2n) is 6.25. The minimum atomic E-state index is 0.651. The molecule has 0 aliphatic heterocycles. The molecule has 0 fully saturated rings. The molecule has 2 heterocycles. The molecule has 132 valence electrons. The summed E-state index contributed by atoms with van der Waals surface area (Å²) in [5, 5.41) is 4.47. The van der Waals surface area contributed by atoms with E-state index in [9.17, 15) is 0 Å². The summed E-state index contributed by atoms with van der Waals surface area (Å²) in [6, 6.07) is 18.2. The summed E-state index contributed by atoms with van der Waals surface area (Å²) in [7, 11) is 5.62. The number of imidazole rings is 1. The Bertz CT molecular complexity index is 1030. The molecule has 2 aromatic carbocycles. The van der Waals surface area contributed by atoms with Crippen LogP contribution in [-0.2, 0) is 13.6 Å². The largest absolute Gasteiger partial charge is 0.497 e. The Labute approximate surface area is 152 Å². The van der Waals surface area contributed by atoms with Gasteiger partial charge in [-0.05, 0) is 36.4 Å². The average molecular weight is 347 g/mol. The normalized spacial score (nSPS) is 11.0. The lowest BCUT2D eigenvalue weighted by molar-refractivity contribution is 0.414. The summed E-state index contributed by atoms with van der Waals surface area (Å²) in [6.07, 6.45) is 1.94. The zero-order chi connectivity index (χ0) is 18.1. The van der Waals surface area contributed by atoms with Crippen molar-refractivity contribution in [1.29, 1.82) is 0 Å². The van der Waals surface area contributed by atoms with Gasteiger partial charge in [-0.3, -0.25) is 9.25 Å². The predicted octanol–water partition coefficient (Wildman–Crippen LogP) is 3.40. The number of rotatable bonds is 5. The fraction of sp³-hybridized carbons (Fsp3) is 0.200. The molecular weight excluding hydrogens is 326 g/mol. The van der Waals surface area contributed by atoms with Crippen molar-refractivity contribution in [1.82, 2.24) is 19.3 Å². The number of nitrogens with zero attached hydrogens (tertiary/aromatic N) is 5. The van der Waals surface area contributed by atoms with Gasteiger partial charge in [0.05, 0.1) is 24.7 Å². The van der Waals surface area contributed by atoms with E-state index in [1.807, 2.05) is 56.7 Å². The van der Waals surface area contributed by atoms with E-state index in [1.165, 1.54) is 0 Å². The van der Waals surface area contributed by atoms with Crippen molar-refractivity contribution >= 4 is 16.9 Å². The highest BCUT2D eigenvalue weighted by molar-refractivity contribution is 5.78. The summed E-state index contributed by atoms with van der Waals surface area (Å²) in [5.74, 6) is 2.72. The number of para-hydroxylation sites is 2. The van der Waals surface area contributed by atoms with E-state index < -0.39 is 0 Å². The van der Waals surface area contributed by atoms with Crippen molar-refractivity contribution in [2.45, 2.75) is 6.54 Å². The van der Waals surface area contributed by atoms with Crippen LogP contribution in [0, 0.1) is 0 Å². The van der Waals surface area contributed by atoms with Gasteiger partial charge in [0.25, 0.3) is 0 Å². The number of hydrogen-bond donors (Lipinski definition) is 0. The molecule has 0 aliphatic carbocycles. The summed E-state index contributed by atoms with van der Waals surface area (Å²) in [6.45, 7) is 0.651. The van der Waals surface area contributed by atoms with Crippen LogP contribution in [0.25, 0.3) is 16.7 Å². The topological polar surface area (TPSA) is 48.1 Å². The van der Waals surface area contributed by atoms with E-state index in [0.717, 1.165) is 34.1 Å². The zero-order valence-corrected chi connectivity index (χ0v) is 15.1. The number of anilines is 1. The quantitative estimate of drug-likeness (QED) is 0.555. The molecule has 0 amide bonds. The third-order valence-corrected chi connectivity index (χ3v) is 4.43. The van der Waals surface area contributed by atoms with Crippen LogP contribution in [0.15, 0.2) is 60.8 Å². The Balaban J connectivity index is 1.78. The number of fused-ring (bicyclic) bond motifs is 1. The van der Waals surface area contributed by atoms with E-state index in [-0.39, 0.29) is 0 Å². The van der Waals surface area contributed by atoms with Crippen LogP contribution in [0.5, 0.6) is 5.75 Å². The first kappa shape index (κ1) is 16.2. The molecule has 0 spiro atoms. The zero-order valence-electron chi connectivity index (χ0n) is 15.1. The van der Waals surface area contributed by atoms with Gasteiger partial charge in [-0.15, -0.1) is 0 Å². The van der Waals surface area contributed by atoms with Gasteiger partial charge in [0.2, 0.25) is 0 Å². The van der Waals surface area contributed by atoms with Crippen molar-refractivity contribution in [3.8, 4) is 11.4 Å². The van der Waals surface area contributed by atoms with Crippen LogP contribution in [0.3, 0.4) is 0 Å². The van der Waals surface area contributed by atoms with Gasteiger partial charge in [0.1, 0.15) is 11.6 Å². The SMILES string of the molecule is COc1ccc(-n2c(CN(C)c3ccn(C)n3)nc3ccccc32)cc1. The van der Waals surface area contributed by atoms with Crippen LogP contribution in [-0.4, -0.2) is 33.5 Å². The van der Waals surface area contributed by atoms with E-state index >= 15 is 0 Å². The van der Waals surface area contributed by atoms with Crippen LogP contribution in [0.1, 0.15) is 5.82 Å². The number of aromatic nitrogens is 4. The Kier molecular flexibility index (Phi) is 4.08. The van der Waals surface area contributed by atoms with Crippen molar-refractivity contribution in [2.75, 3.05) is 19.1 Å². The first-order valence-corrected chi connectivity index (χ1v) is 8.47. The molecule has 4 rings (SSSR count). The molecule has 2 aromatic heterocycles. The summed E-state index contributed by atoms with van der Waals surface area (Å²) < 4.78 is 9.28. The predicted molar refractivity (Wildman–Crippen MR) is 103 cm³/mol. The standard InChI is InChI=1S/C20H21N5O/c1-23(19-12-13-24(2)22-19)14-20-21-17-6-4-5-7-18(17)25(20)15-8-10-16(26-3)11-9-15/h4-13H,14H2,1-3H3. The highest BCUT2D eigenvalue weighted by atomic mass is 16.5. The molecule has 6 heteroatoms. The molecule has 0 bridgehead atoms. The van der Waals surface area contributed by atoms with Gasteiger partial charge >= 0.3 is 0 Å². The van der Waals surface area contributed by atoms with Crippen LogP contribution in [0.2, 0.25) is 0 Å². The van der Waals surface area contributed by atoms with E-state index in [0.29, 0.717) is 6.54 Å². The van der Waals surface area contributed by atoms with Gasteiger partial charge in [-0.25, -0.2) is 4.98 Å². The fourth-order valence-corrected chi connectivity index (χ4v) is 3.10. The maximum absolute atomic E-state index is 5.29. The number of hydrogen-bond acceptors (Lipinski definition) is 4. The summed E-state index contributed by atoms with van der Waals surface area (Å²) in [5.41, 5.74) is 3.12. The molecular formula is C20H21N5O. The molecule has 0 unspecified atom stereocenters. The number of benzene rings is 2. The molecule has 0 saturated carbocycles. The Morgan fingerprint density at radius 1 is 1.04 bits per heavy atom. The van der Waals surface area contributed by atoms with Crippen LogP contribution in [0.4, 0.5) is 5.82 Å². The lowest BCUT2D eigenvalue weighted by atomic mass is 10.2. The Morgan fingerprint density at radius 2 is 1.81 bits per heavy atom. The van der Waals surface area contributed by atoms with Crippen molar-refractivity contribution in [3.63, 3.8) is 0 Å². The molecule has 26 heavy (non-hydrogen) atoms. The molecule has 0 saturated heterocycles. The van der Waals surface area contributed by atoms with Crippen molar-refractivity contribution in [2.24, 2.45) is 7.05 Å². The molecule has 0 N–H and O–H groups in total. The summed E-state index contributed by atoms with van der Waals surface area (Å²) in [4.78, 5) is 6.96. The molecule has 0 aliphatic rings. The van der Waals surface area contributed by atoms with Gasteiger partial charge < -0.3 is 9.64 Å². The second-order valence-corrected chi connectivity index (χ2v) is 6.25. The van der Waals surface area contributed by atoms with Crippen LogP contribution >= 0.6 is 0 Å². The smallest absolute Gasteiger partial charge is 0.150 e. The highest BCUT2D eigenvalue weighted by Crippen LogP contribution is 2.24. The molecule has 4 aromatic rings. The third kappa shape index (κ3) is 2.90. The number of ether oxygens (including phenoxy) is 1. The Morgan fingerprint density at radius 3 is 2.50 bits per heavy atom. The van der Waals surface area contributed by atoms with Gasteiger partial charge in [-0.2, -0.15) is 5.10 Å². The monoisotopic (exact) mass is 347 g/mol. The fourth-order valence-electron chi connectivity index (χ4n) is 3.10. The Hall–Kier alpha value is -3.28. The third-order valence-electron chi connectivity index (χ3n) is 4.43. The maximum atomic E-state index is 5.29. The minimum Gasteiger partial charge on any atom is -0.497 e. The molecule has 0 atom stereocenters. The lowest BCUT2D eigenvalue weighted by Gasteiger charge is -2.17. The first-order chi connectivity index (χ1) is 12.7. The molecule has 0 radical (unpaired) electrons. The van der Waals surface area contributed by atoms with Gasteiger partial charge in [-0.1, -0.05) is 12.1 Å². The average Bonchev–Trinajstić information content (AvgIpc) is 3.25. The van der Waals surface area contributed by atoms with Gasteiger partial charge in [0, 0.05) is 32.0 Å². The second kappa shape index (κ2) is 6.55.